The number of sulfonamides is 1. The molecule has 1 aromatic rings. The number of aliphatic carboxylic acids is 1. The Labute approximate surface area is 172 Å². The molecule has 0 spiro atoms. The van der Waals surface area contributed by atoms with Crippen LogP contribution in [0.3, 0.4) is 0 Å². The fraction of sp³-hybridized carbons (Fsp3) is 0.556. The van der Waals surface area contributed by atoms with Gasteiger partial charge in [0.15, 0.2) is 0 Å². The number of carboxylic acid groups (broad SMARTS) is 1. The van der Waals surface area contributed by atoms with Crippen LogP contribution in [-0.4, -0.2) is 79.6 Å². The van der Waals surface area contributed by atoms with E-state index in [4.69, 9.17) is 0 Å². The third-order valence-electron chi connectivity index (χ3n) is 4.89. The van der Waals surface area contributed by atoms with E-state index in [0.717, 1.165) is 5.69 Å². The van der Waals surface area contributed by atoms with Gasteiger partial charge in [0.2, 0.25) is 15.9 Å². The van der Waals surface area contributed by atoms with Crippen molar-refractivity contribution in [3.63, 3.8) is 0 Å². The van der Waals surface area contributed by atoms with Crippen molar-refractivity contribution in [2.75, 3.05) is 43.9 Å². The molecule has 1 saturated heterocycles. The lowest BCUT2D eigenvalue weighted by atomic mass is 10.0. The number of rotatable bonds is 8. The zero-order chi connectivity index (χ0) is 20.0. The zero-order valence-electron chi connectivity index (χ0n) is 16.2. The highest BCUT2D eigenvalue weighted by Crippen LogP contribution is 2.20. The number of para-hydroxylation sites is 1. The molecule has 8 nitrogen and oxygen atoms in total. The summed E-state index contributed by atoms with van der Waals surface area (Å²) < 4.78 is 25.4. The van der Waals surface area contributed by atoms with Gasteiger partial charge in [0, 0.05) is 31.9 Å². The minimum absolute atomic E-state index is 0. The van der Waals surface area contributed by atoms with Crippen LogP contribution in [0.25, 0.3) is 0 Å². The van der Waals surface area contributed by atoms with E-state index in [1.807, 2.05) is 30.3 Å². The average molecular weight is 434 g/mol. The molecule has 0 aliphatic carbocycles. The summed E-state index contributed by atoms with van der Waals surface area (Å²) in [6.07, 6.45) is 1.02. The number of nitrogens with zero attached hydrogens (tertiary/aromatic N) is 3. The van der Waals surface area contributed by atoms with Crippen LogP contribution >= 0.6 is 12.4 Å². The SMILES string of the molecule is CCS(=O)(=O)N1CCC(N(CC(=O)O)CC(=O)N(C)c2ccccc2)CC1.Cl. The van der Waals surface area contributed by atoms with Gasteiger partial charge in [-0.15, -0.1) is 12.4 Å². The Morgan fingerprint density at radius 1 is 1.14 bits per heavy atom. The van der Waals surface area contributed by atoms with Gasteiger partial charge in [-0.25, -0.2) is 12.7 Å². The minimum atomic E-state index is -3.24. The first-order valence-electron chi connectivity index (χ1n) is 9.00. The topological polar surface area (TPSA) is 98.2 Å². The summed E-state index contributed by atoms with van der Waals surface area (Å²) in [6, 6.07) is 9.01. The summed E-state index contributed by atoms with van der Waals surface area (Å²) in [5.74, 6) is -1.16. The Kier molecular flexibility index (Phi) is 9.35. The monoisotopic (exact) mass is 433 g/mol. The van der Waals surface area contributed by atoms with Gasteiger partial charge < -0.3 is 10.0 Å². The summed E-state index contributed by atoms with van der Waals surface area (Å²) in [7, 11) is -1.58. The summed E-state index contributed by atoms with van der Waals surface area (Å²) in [5, 5.41) is 9.23. The Balaban J connectivity index is 0.00000392. The highest BCUT2D eigenvalue weighted by molar-refractivity contribution is 7.89. The second kappa shape index (κ2) is 10.8. The fourth-order valence-electron chi connectivity index (χ4n) is 3.23. The standard InChI is InChI=1S/C18H27N3O5S.ClH/c1-3-27(25,26)21-11-9-16(10-12-21)20(14-18(23)24)13-17(22)19(2)15-7-5-4-6-8-15;/h4-8,16H,3,9-14H2,1-2H3,(H,23,24);1H. The van der Waals surface area contributed by atoms with Crippen molar-refractivity contribution in [2.24, 2.45) is 0 Å². The predicted molar refractivity (Wildman–Crippen MR) is 110 cm³/mol. The second-order valence-electron chi connectivity index (χ2n) is 6.62. The fourth-order valence-corrected chi connectivity index (χ4v) is 4.36. The maximum Gasteiger partial charge on any atom is 0.317 e. The molecule has 1 amide bonds. The molecule has 158 valence electrons. The van der Waals surface area contributed by atoms with Crippen LogP contribution in [0.5, 0.6) is 0 Å². The molecular formula is C18H28ClN3O5S. The zero-order valence-corrected chi connectivity index (χ0v) is 17.8. The molecule has 1 N–H and O–H groups in total. The highest BCUT2D eigenvalue weighted by atomic mass is 35.5. The van der Waals surface area contributed by atoms with Gasteiger partial charge in [-0.3, -0.25) is 14.5 Å². The van der Waals surface area contributed by atoms with Crippen LogP contribution in [0.2, 0.25) is 0 Å². The quantitative estimate of drug-likeness (QED) is 0.663. The molecule has 1 aromatic carbocycles. The Bertz CT molecular complexity index is 752. The van der Waals surface area contributed by atoms with Crippen molar-refractivity contribution < 1.29 is 23.1 Å². The van der Waals surface area contributed by atoms with Gasteiger partial charge in [-0.2, -0.15) is 0 Å². The average Bonchev–Trinajstić information content (AvgIpc) is 2.67. The molecule has 0 unspecified atom stereocenters. The third-order valence-corrected chi connectivity index (χ3v) is 6.77. The highest BCUT2D eigenvalue weighted by Gasteiger charge is 2.31. The van der Waals surface area contributed by atoms with Crippen LogP contribution in [-0.2, 0) is 19.6 Å². The summed E-state index contributed by atoms with van der Waals surface area (Å²) in [5.41, 5.74) is 0.738. The maximum atomic E-state index is 12.6. The Morgan fingerprint density at radius 2 is 1.71 bits per heavy atom. The van der Waals surface area contributed by atoms with Crippen molar-refractivity contribution in [1.82, 2.24) is 9.21 Å². The molecule has 0 radical (unpaired) electrons. The number of piperidine rings is 1. The van der Waals surface area contributed by atoms with Gasteiger partial charge in [0.1, 0.15) is 0 Å². The van der Waals surface area contributed by atoms with Crippen LogP contribution in [0, 0.1) is 0 Å². The first kappa shape index (κ1) is 24.4. The number of hydrogen-bond donors (Lipinski definition) is 1. The molecule has 1 heterocycles. The first-order chi connectivity index (χ1) is 12.7. The smallest absolute Gasteiger partial charge is 0.317 e. The Hall–Kier alpha value is -1.68. The summed E-state index contributed by atoms with van der Waals surface area (Å²) >= 11 is 0. The van der Waals surface area contributed by atoms with Crippen molar-refractivity contribution in [1.29, 1.82) is 0 Å². The number of hydrogen-bond acceptors (Lipinski definition) is 5. The molecule has 2 rings (SSSR count). The van der Waals surface area contributed by atoms with Gasteiger partial charge >= 0.3 is 5.97 Å². The number of likely N-dealkylation sites (N-methyl/N-ethyl adjacent to an activating group) is 1. The number of halogens is 1. The molecule has 10 heteroatoms. The lowest BCUT2D eigenvalue weighted by Gasteiger charge is -2.37. The molecule has 0 saturated carbocycles. The van der Waals surface area contributed by atoms with E-state index in [1.165, 1.54) is 9.21 Å². The summed E-state index contributed by atoms with van der Waals surface area (Å²) in [4.78, 5) is 27.0. The van der Waals surface area contributed by atoms with E-state index < -0.39 is 16.0 Å². The molecular weight excluding hydrogens is 406 g/mol. The van der Waals surface area contributed by atoms with E-state index in [0.29, 0.717) is 25.9 Å². The molecule has 1 aliphatic heterocycles. The van der Waals surface area contributed by atoms with Gasteiger partial charge in [-0.05, 0) is 31.9 Å². The van der Waals surface area contributed by atoms with Crippen LogP contribution in [0.15, 0.2) is 30.3 Å². The molecule has 0 bridgehead atoms. The van der Waals surface area contributed by atoms with E-state index in [9.17, 15) is 23.1 Å². The molecule has 1 fully saturated rings. The summed E-state index contributed by atoms with van der Waals surface area (Å²) in [6.45, 7) is 2.03. The van der Waals surface area contributed by atoms with Crippen molar-refractivity contribution in [3.8, 4) is 0 Å². The molecule has 1 aliphatic rings. The lowest BCUT2D eigenvalue weighted by Crippen LogP contribution is -2.51. The van der Waals surface area contributed by atoms with Crippen molar-refractivity contribution in [3.05, 3.63) is 30.3 Å². The molecule has 0 aromatic heterocycles. The van der Waals surface area contributed by atoms with E-state index in [-0.39, 0.29) is 43.2 Å². The van der Waals surface area contributed by atoms with Gasteiger partial charge in [-0.1, -0.05) is 18.2 Å². The second-order valence-corrected chi connectivity index (χ2v) is 8.88. The van der Waals surface area contributed by atoms with E-state index in [2.05, 4.69) is 0 Å². The van der Waals surface area contributed by atoms with Crippen LogP contribution in [0.1, 0.15) is 19.8 Å². The number of benzene rings is 1. The minimum Gasteiger partial charge on any atom is -0.480 e. The van der Waals surface area contributed by atoms with E-state index >= 15 is 0 Å². The van der Waals surface area contributed by atoms with Crippen molar-refractivity contribution in [2.45, 2.75) is 25.8 Å². The number of carboxylic acids is 1. The third kappa shape index (κ3) is 6.44. The first-order valence-corrected chi connectivity index (χ1v) is 10.6. The molecule has 28 heavy (non-hydrogen) atoms. The van der Waals surface area contributed by atoms with Crippen molar-refractivity contribution >= 4 is 40.0 Å². The molecule has 0 atom stereocenters. The lowest BCUT2D eigenvalue weighted by molar-refractivity contribution is -0.139. The number of anilines is 1. The predicted octanol–water partition coefficient (Wildman–Crippen LogP) is 1.27. The normalized spacial score (nSPS) is 15.8. The van der Waals surface area contributed by atoms with E-state index in [1.54, 1.807) is 18.9 Å². The van der Waals surface area contributed by atoms with Gasteiger partial charge in [0.25, 0.3) is 0 Å². The number of carbonyl (C=O) groups excluding carboxylic acids is 1. The van der Waals surface area contributed by atoms with Crippen LogP contribution in [0.4, 0.5) is 5.69 Å². The number of carbonyl (C=O) groups is 2. The number of amides is 1. The largest absolute Gasteiger partial charge is 0.480 e. The van der Waals surface area contributed by atoms with Gasteiger partial charge in [0.05, 0.1) is 18.8 Å². The Morgan fingerprint density at radius 3 is 2.21 bits per heavy atom. The maximum absolute atomic E-state index is 12.6. The van der Waals surface area contributed by atoms with Crippen LogP contribution < -0.4 is 4.90 Å².